The first-order valence-corrected chi connectivity index (χ1v) is 7.06. The third-order valence-corrected chi connectivity index (χ3v) is 4.17. The summed E-state index contributed by atoms with van der Waals surface area (Å²) in [5.74, 6) is -2.91. The maximum Gasteiger partial charge on any atom is 0.187 e. The van der Waals surface area contributed by atoms with Crippen LogP contribution >= 0.6 is 11.3 Å². The predicted molar refractivity (Wildman–Crippen MR) is 81.2 cm³/mol. The van der Waals surface area contributed by atoms with Crippen molar-refractivity contribution in [2.45, 2.75) is 0 Å². The van der Waals surface area contributed by atoms with Crippen LogP contribution in [0.1, 0.15) is 0 Å². The van der Waals surface area contributed by atoms with Crippen molar-refractivity contribution in [3.8, 4) is 27.3 Å². The fourth-order valence-corrected chi connectivity index (χ4v) is 2.93. The average Bonchev–Trinajstić information content (AvgIpc) is 2.90. The van der Waals surface area contributed by atoms with Gasteiger partial charge in [0.15, 0.2) is 17.4 Å². The molecule has 0 aliphatic rings. The molecule has 0 bridgehead atoms. The Morgan fingerprint density at radius 2 is 1.43 bits per heavy atom. The molecule has 106 valence electrons. The molecule has 0 amide bonds. The molecule has 5 heteroatoms. The highest BCUT2D eigenvalue weighted by Crippen LogP contribution is 2.34. The van der Waals surface area contributed by atoms with E-state index < -0.39 is 17.4 Å². The molecule has 0 fully saturated rings. The number of anilines is 1. The highest BCUT2D eigenvalue weighted by molar-refractivity contribution is 7.14. The first-order chi connectivity index (χ1) is 10.1. The van der Waals surface area contributed by atoms with Crippen LogP contribution in [-0.2, 0) is 0 Å². The van der Waals surface area contributed by atoms with Gasteiger partial charge in [-0.3, -0.25) is 0 Å². The molecule has 0 saturated heterocycles. The zero-order valence-corrected chi connectivity index (χ0v) is 11.6. The minimum atomic E-state index is -0.975. The molecule has 0 saturated carbocycles. The summed E-state index contributed by atoms with van der Waals surface area (Å²) in [6.07, 6.45) is 0. The van der Waals surface area contributed by atoms with Crippen LogP contribution in [0.25, 0.3) is 21.6 Å². The van der Waals surface area contributed by atoms with Crippen LogP contribution in [0.4, 0.5) is 14.5 Å². The molecule has 2 nitrogen and oxygen atoms in total. The second-order valence-corrected chi connectivity index (χ2v) is 5.49. The van der Waals surface area contributed by atoms with E-state index in [2.05, 4.69) is 0 Å². The molecule has 0 aliphatic heterocycles. The van der Waals surface area contributed by atoms with Crippen molar-refractivity contribution in [2.75, 3.05) is 5.73 Å². The van der Waals surface area contributed by atoms with Crippen molar-refractivity contribution >= 4 is 17.0 Å². The molecule has 0 aliphatic carbocycles. The van der Waals surface area contributed by atoms with E-state index in [0.29, 0.717) is 16.8 Å². The standard InChI is InChI=1S/C16H11F2NOS/c17-12-7-11(8-13(18)15(12)20)9-1-3-10(4-2-9)16-14(19)5-6-21-16/h1-8,20H,19H2. The van der Waals surface area contributed by atoms with Crippen molar-refractivity contribution < 1.29 is 13.9 Å². The monoisotopic (exact) mass is 303 g/mol. The van der Waals surface area contributed by atoms with E-state index in [1.165, 1.54) is 11.3 Å². The number of rotatable bonds is 2. The number of phenols is 1. The smallest absolute Gasteiger partial charge is 0.187 e. The van der Waals surface area contributed by atoms with Gasteiger partial charge in [0.1, 0.15) is 0 Å². The second-order valence-electron chi connectivity index (χ2n) is 4.57. The lowest BCUT2D eigenvalue weighted by Gasteiger charge is -2.06. The van der Waals surface area contributed by atoms with Gasteiger partial charge in [0.25, 0.3) is 0 Å². The number of thiophene rings is 1. The molecule has 0 radical (unpaired) electrons. The quantitative estimate of drug-likeness (QED) is 0.724. The lowest BCUT2D eigenvalue weighted by atomic mass is 10.0. The Labute approximate surface area is 124 Å². The normalized spacial score (nSPS) is 10.8. The summed E-state index contributed by atoms with van der Waals surface area (Å²) >= 11 is 1.53. The Morgan fingerprint density at radius 1 is 0.857 bits per heavy atom. The molecule has 0 unspecified atom stereocenters. The van der Waals surface area contributed by atoms with E-state index in [9.17, 15) is 8.78 Å². The Kier molecular flexibility index (Phi) is 3.35. The molecular weight excluding hydrogens is 292 g/mol. The van der Waals surface area contributed by atoms with Gasteiger partial charge in [-0.25, -0.2) is 8.78 Å². The highest BCUT2D eigenvalue weighted by atomic mass is 32.1. The Morgan fingerprint density at radius 3 is 1.95 bits per heavy atom. The van der Waals surface area contributed by atoms with Crippen molar-refractivity contribution in [1.29, 1.82) is 0 Å². The Bertz CT molecular complexity index is 773. The van der Waals surface area contributed by atoms with Crippen LogP contribution in [0.5, 0.6) is 5.75 Å². The van der Waals surface area contributed by atoms with Crippen LogP contribution in [0.3, 0.4) is 0 Å². The van der Waals surface area contributed by atoms with E-state index in [-0.39, 0.29) is 0 Å². The third kappa shape index (κ3) is 2.48. The summed E-state index contributed by atoms with van der Waals surface area (Å²) in [5.41, 5.74) is 8.54. The van der Waals surface area contributed by atoms with Gasteiger partial charge in [-0.15, -0.1) is 11.3 Å². The fraction of sp³-hybridized carbons (Fsp3) is 0. The van der Waals surface area contributed by atoms with Gasteiger partial charge >= 0.3 is 0 Å². The molecular formula is C16H11F2NOS. The second kappa shape index (κ2) is 5.18. The summed E-state index contributed by atoms with van der Waals surface area (Å²) in [7, 11) is 0. The minimum absolute atomic E-state index is 0.369. The average molecular weight is 303 g/mol. The minimum Gasteiger partial charge on any atom is -0.503 e. The topological polar surface area (TPSA) is 46.2 Å². The number of benzene rings is 2. The zero-order chi connectivity index (χ0) is 15.0. The van der Waals surface area contributed by atoms with Crippen LogP contribution in [0, 0.1) is 11.6 Å². The molecule has 3 N–H and O–H groups in total. The van der Waals surface area contributed by atoms with Crippen LogP contribution in [0.15, 0.2) is 47.8 Å². The van der Waals surface area contributed by atoms with Gasteiger partial charge in [-0.2, -0.15) is 0 Å². The van der Waals surface area contributed by atoms with Crippen LogP contribution in [0.2, 0.25) is 0 Å². The Balaban J connectivity index is 2.00. The zero-order valence-electron chi connectivity index (χ0n) is 10.8. The van der Waals surface area contributed by atoms with E-state index >= 15 is 0 Å². The van der Waals surface area contributed by atoms with E-state index in [0.717, 1.165) is 22.6 Å². The molecule has 3 rings (SSSR count). The molecule has 0 atom stereocenters. The number of halogens is 2. The summed E-state index contributed by atoms with van der Waals surface area (Å²) in [6.45, 7) is 0. The highest BCUT2D eigenvalue weighted by Gasteiger charge is 2.11. The largest absolute Gasteiger partial charge is 0.503 e. The number of nitrogens with two attached hydrogens (primary N) is 1. The van der Waals surface area contributed by atoms with Crippen LogP contribution in [-0.4, -0.2) is 5.11 Å². The summed E-state index contributed by atoms with van der Waals surface area (Å²) < 4.78 is 26.8. The van der Waals surface area contributed by atoms with Gasteiger partial charge in [-0.05, 0) is 40.3 Å². The SMILES string of the molecule is Nc1ccsc1-c1ccc(-c2cc(F)c(O)c(F)c2)cc1. The summed E-state index contributed by atoms with van der Waals surface area (Å²) in [6, 6.07) is 11.3. The number of hydrogen-bond donors (Lipinski definition) is 2. The number of aromatic hydroxyl groups is 1. The van der Waals surface area contributed by atoms with Crippen molar-refractivity contribution in [1.82, 2.24) is 0 Å². The van der Waals surface area contributed by atoms with Crippen LogP contribution < -0.4 is 5.73 Å². The molecule has 1 heterocycles. The molecule has 1 aromatic heterocycles. The summed E-state index contributed by atoms with van der Waals surface area (Å²) in [4.78, 5) is 0.963. The maximum atomic E-state index is 13.4. The first-order valence-electron chi connectivity index (χ1n) is 6.18. The number of hydrogen-bond acceptors (Lipinski definition) is 3. The third-order valence-electron chi connectivity index (χ3n) is 3.19. The molecule has 3 aromatic rings. The van der Waals surface area contributed by atoms with Gasteiger partial charge in [0, 0.05) is 0 Å². The molecule has 0 spiro atoms. The van der Waals surface area contributed by atoms with E-state index in [1.807, 2.05) is 23.6 Å². The fourth-order valence-electron chi connectivity index (χ4n) is 2.10. The van der Waals surface area contributed by atoms with Crippen molar-refractivity contribution in [2.24, 2.45) is 0 Å². The summed E-state index contributed by atoms with van der Waals surface area (Å²) in [5, 5.41) is 11.0. The number of phenolic OH excluding ortho intramolecular Hbond substituents is 1. The van der Waals surface area contributed by atoms with Gasteiger partial charge < -0.3 is 10.8 Å². The van der Waals surface area contributed by atoms with E-state index in [1.54, 1.807) is 12.1 Å². The number of nitrogen functional groups attached to an aromatic ring is 1. The predicted octanol–water partition coefficient (Wildman–Crippen LogP) is 4.65. The van der Waals surface area contributed by atoms with Gasteiger partial charge in [0.2, 0.25) is 0 Å². The van der Waals surface area contributed by atoms with Gasteiger partial charge in [0.05, 0.1) is 10.6 Å². The molecule has 21 heavy (non-hydrogen) atoms. The molecule has 2 aromatic carbocycles. The maximum absolute atomic E-state index is 13.4. The van der Waals surface area contributed by atoms with Crippen molar-refractivity contribution in [3.63, 3.8) is 0 Å². The first kappa shape index (κ1) is 13.6. The van der Waals surface area contributed by atoms with Gasteiger partial charge in [-0.1, -0.05) is 24.3 Å². The lowest BCUT2D eigenvalue weighted by Crippen LogP contribution is -1.87. The van der Waals surface area contributed by atoms with E-state index in [4.69, 9.17) is 10.8 Å². The Hall–Kier alpha value is -2.40. The van der Waals surface area contributed by atoms with Crippen molar-refractivity contribution in [3.05, 3.63) is 59.5 Å². The lowest BCUT2D eigenvalue weighted by molar-refractivity contribution is 0.396.